The van der Waals surface area contributed by atoms with Crippen molar-refractivity contribution in [2.45, 2.75) is 33.7 Å². The van der Waals surface area contributed by atoms with E-state index in [0.717, 1.165) is 4.90 Å². The SMILES string of the molecule is CCOC(=O)c1c(C)[nH]c(C(=O)[C@H](C)[NH+]2CCNC(=O)C2)c1C. The third-order valence-corrected chi connectivity index (χ3v) is 4.33. The highest BCUT2D eigenvalue weighted by molar-refractivity contribution is 6.03. The van der Waals surface area contributed by atoms with Gasteiger partial charge in [-0.15, -0.1) is 0 Å². The van der Waals surface area contributed by atoms with Crippen LogP contribution in [0.2, 0.25) is 0 Å². The van der Waals surface area contributed by atoms with Crippen molar-refractivity contribution in [3.05, 3.63) is 22.5 Å². The average molecular weight is 322 g/mol. The fraction of sp³-hybridized carbons (Fsp3) is 0.562. The van der Waals surface area contributed by atoms with Crippen molar-refractivity contribution in [1.82, 2.24) is 10.3 Å². The molecule has 0 aliphatic carbocycles. The van der Waals surface area contributed by atoms with Crippen molar-refractivity contribution in [3.63, 3.8) is 0 Å². The molecule has 1 fully saturated rings. The van der Waals surface area contributed by atoms with Gasteiger partial charge in [-0.1, -0.05) is 0 Å². The second-order valence-electron chi connectivity index (χ2n) is 5.87. The van der Waals surface area contributed by atoms with Crippen LogP contribution < -0.4 is 10.2 Å². The van der Waals surface area contributed by atoms with Crippen LogP contribution in [0.15, 0.2) is 0 Å². The Morgan fingerprint density at radius 3 is 2.65 bits per heavy atom. The molecule has 7 heteroatoms. The molecule has 0 bridgehead atoms. The molecule has 1 saturated heterocycles. The van der Waals surface area contributed by atoms with E-state index in [0.29, 0.717) is 35.6 Å². The van der Waals surface area contributed by atoms with Crippen LogP contribution in [0.25, 0.3) is 0 Å². The lowest BCUT2D eigenvalue weighted by atomic mass is 10.0. The molecule has 1 aliphatic rings. The fourth-order valence-corrected chi connectivity index (χ4v) is 3.00. The zero-order valence-corrected chi connectivity index (χ0v) is 14.0. The number of nitrogens with one attached hydrogen (secondary N) is 3. The van der Waals surface area contributed by atoms with Crippen molar-refractivity contribution in [3.8, 4) is 0 Å². The first-order valence-electron chi connectivity index (χ1n) is 7.88. The van der Waals surface area contributed by atoms with Gasteiger partial charge in [0.2, 0.25) is 5.78 Å². The maximum atomic E-state index is 12.8. The first kappa shape index (κ1) is 17.2. The number of Topliss-reactive ketones (excluding diaryl/α,β-unsaturated/α-hetero) is 1. The van der Waals surface area contributed by atoms with Crippen LogP contribution in [0.4, 0.5) is 0 Å². The molecule has 0 radical (unpaired) electrons. The molecular weight excluding hydrogens is 298 g/mol. The Kier molecular flexibility index (Phi) is 5.20. The average Bonchev–Trinajstić information content (AvgIpc) is 2.81. The van der Waals surface area contributed by atoms with Crippen LogP contribution in [0.1, 0.15) is 46.0 Å². The minimum atomic E-state index is -0.421. The van der Waals surface area contributed by atoms with Crippen molar-refractivity contribution >= 4 is 17.7 Å². The van der Waals surface area contributed by atoms with Crippen molar-refractivity contribution in [1.29, 1.82) is 0 Å². The van der Waals surface area contributed by atoms with Crippen LogP contribution in [-0.2, 0) is 9.53 Å². The Hall–Kier alpha value is -2.15. The smallest absolute Gasteiger partial charge is 0.340 e. The summed E-state index contributed by atoms with van der Waals surface area (Å²) in [6.07, 6.45) is 0. The number of H-pyrrole nitrogens is 1. The summed E-state index contributed by atoms with van der Waals surface area (Å²) in [5.41, 5.74) is 2.09. The summed E-state index contributed by atoms with van der Waals surface area (Å²) in [6, 6.07) is -0.354. The molecule has 2 atom stereocenters. The standard InChI is InChI=1S/C16H23N3O4/c1-5-23-16(22)13-9(2)14(18-10(13)3)15(21)11(4)19-7-6-17-12(20)8-19/h11,18H,5-8H2,1-4H3,(H,17,20)/p+1/t11-/m0/s1. The van der Waals surface area contributed by atoms with E-state index >= 15 is 0 Å². The number of hydrogen-bond acceptors (Lipinski definition) is 4. The molecule has 3 N–H and O–H groups in total. The topological polar surface area (TPSA) is 92.7 Å². The lowest BCUT2D eigenvalue weighted by Crippen LogP contribution is -3.19. The summed E-state index contributed by atoms with van der Waals surface area (Å²) in [4.78, 5) is 40.3. The number of ether oxygens (including phenoxy) is 1. The minimum Gasteiger partial charge on any atom is -0.462 e. The van der Waals surface area contributed by atoms with Gasteiger partial charge in [0.05, 0.1) is 31.0 Å². The number of rotatable bonds is 5. The van der Waals surface area contributed by atoms with Gasteiger partial charge in [0.1, 0.15) is 0 Å². The summed E-state index contributed by atoms with van der Waals surface area (Å²) in [7, 11) is 0. The summed E-state index contributed by atoms with van der Waals surface area (Å²) in [6.45, 7) is 8.91. The van der Waals surface area contributed by atoms with Crippen LogP contribution >= 0.6 is 0 Å². The molecule has 1 aromatic heterocycles. The molecule has 0 spiro atoms. The number of quaternary nitrogens is 1. The Labute approximate surface area is 135 Å². The zero-order chi connectivity index (χ0) is 17.1. The number of aromatic amines is 1. The van der Waals surface area contributed by atoms with Gasteiger partial charge in [-0.3, -0.25) is 9.59 Å². The maximum absolute atomic E-state index is 12.8. The first-order valence-corrected chi connectivity index (χ1v) is 7.88. The highest BCUT2D eigenvalue weighted by atomic mass is 16.5. The highest BCUT2D eigenvalue weighted by Gasteiger charge is 2.33. The molecule has 126 valence electrons. The first-order chi connectivity index (χ1) is 10.9. The van der Waals surface area contributed by atoms with Crippen molar-refractivity contribution in [2.24, 2.45) is 0 Å². The van der Waals surface area contributed by atoms with E-state index in [-0.39, 0.29) is 30.9 Å². The van der Waals surface area contributed by atoms with Crippen LogP contribution in [0.3, 0.4) is 0 Å². The molecule has 1 unspecified atom stereocenters. The number of aryl methyl sites for hydroxylation is 1. The molecule has 0 saturated carbocycles. The minimum absolute atomic E-state index is 0.0440. The van der Waals surface area contributed by atoms with E-state index < -0.39 is 5.97 Å². The molecule has 1 aliphatic heterocycles. The van der Waals surface area contributed by atoms with E-state index in [1.165, 1.54) is 0 Å². The van der Waals surface area contributed by atoms with Crippen LogP contribution in [-0.4, -0.2) is 54.9 Å². The number of aromatic nitrogens is 1. The molecule has 0 aromatic carbocycles. The predicted molar refractivity (Wildman–Crippen MR) is 83.7 cm³/mol. The third kappa shape index (κ3) is 3.44. The zero-order valence-electron chi connectivity index (χ0n) is 14.0. The van der Waals surface area contributed by atoms with E-state index in [2.05, 4.69) is 10.3 Å². The number of esters is 1. The number of carbonyl (C=O) groups is 3. The molecule has 2 rings (SSSR count). The van der Waals surface area contributed by atoms with Crippen LogP contribution in [0.5, 0.6) is 0 Å². The normalized spacial score (nSPS) is 19.1. The third-order valence-electron chi connectivity index (χ3n) is 4.33. The van der Waals surface area contributed by atoms with Gasteiger partial charge in [0.15, 0.2) is 12.6 Å². The van der Waals surface area contributed by atoms with E-state index in [1.807, 2.05) is 6.92 Å². The number of piperazine rings is 1. The quantitative estimate of drug-likeness (QED) is 0.498. The number of amides is 1. The highest BCUT2D eigenvalue weighted by Crippen LogP contribution is 2.20. The molecule has 2 heterocycles. The lowest BCUT2D eigenvalue weighted by Gasteiger charge is -2.28. The summed E-state index contributed by atoms with van der Waals surface area (Å²) in [5.74, 6) is -0.557. The summed E-state index contributed by atoms with van der Waals surface area (Å²) in [5, 5.41) is 2.76. The maximum Gasteiger partial charge on any atom is 0.340 e. The number of carbonyl (C=O) groups excluding carboxylic acids is 3. The second-order valence-corrected chi connectivity index (χ2v) is 5.87. The Bertz CT molecular complexity index is 636. The monoisotopic (exact) mass is 322 g/mol. The number of ketones is 1. The van der Waals surface area contributed by atoms with Gasteiger partial charge in [-0.05, 0) is 33.3 Å². The predicted octanol–water partition coefficient (Wildman–Crippen LogP) is -0.606. The van der Waals surface area contributed by atoms with Crippen LogP contribution in [0, 0.1) is 13.8 Å². The largest absolute Gasteiger partial charge is 0.462 e. The Morgan fingerprint density at radius 2 is 2.04 bits per heavy atom. The van der Waals surface area contributed by atoms with E-state index in [9.17, 15) is 14.4 Å². The van der Waals surface area contributed by atoms with Gasteiger partial charge < -0.3 is 19.9 Å². The second kappa shape index (κ2) is 6.95. The summed E-state index contributed by atoms with van der Waals surface area (Å²) < 4.78 is 5.05. The lowest BCUT2D eigenvalue weighted by molar-refractivity contribution is -0.907. The number of hydrogen-bond donors (Lipinski definition) is 3. The van der Waals surface area contributed by atoms with Gasteiger partial charge in [0, 0.05) is 5.69 Å². The van der Waals surface area contributed by atoms with Crippen molar-refractivity contribution < 1.29 is 24.0 Å². The molecule has 23 heavy (non-hydrogen) atoms. The molecule has 7 nitrogen and oxygen atoms in total. The van der Waals surface area contributed by atoms with Gasteiger partial charge >= 0.3 is 5.97 Å². The molecular formula is C16H24N3O4+. The molecule has 1 aromatic rings. The Balaban J connectivity index is 2.24. The van der Waals surface area contributed by atoms with E-state index in [1.54, 1.807) is 20.8 Å². The van der Waals surface area contributed by atoms with E-state index in [4.69, 9.17) is 4.74 Å². The Morgan fingerprint density at radius 1 is 1.35 bits per heavy atom. The van der Waals surface area contributed by atoms with Gasteiger partial charge in [-0.2, -0.15) is 0 Å². The van der Waals surface area contributed by atoms with Gasteiger partial charge in [-0.25, -0.2) is 4.79 Å². The van der Waals surface area contributed by atoms with Gasteiger partial charge in [0.25, 0.3) is 5.91 Å². The summed E-state index contributed by atoms with van der Waals surface area (Å²) >= 11 is 0. The van der Waals surface area contributed by atoms with Crippen molar-refractivity contribution in [2.75, 3.05) is 26.2 Å². The molecule has 1 amide bonds. The fourth-order valence-electron chi connectivity index (χ4n) is 3.00.